The molecule has 2 nitrogen and oxygen atoms in total. The van der Waals surface area contributed by atoms with Gasteiger partial charge in [-0.05, 0) is 37.0 Å². The second kappa shape index (κ2) is 5.60. The average molecular weight is 180 g/mol. The molecule has 0 aliphatic heterocycles. The molecule has 0 heterocycles. The van der Waals surface area contributed by atoms with Crippen molar-refractivity contribution >= 4 is 0 Å². The molecule has 0 amide bonds. The first-order chi connectivity index (χ1) is 6.33. The number of unbranched alkanes of at least 4 members (excludes halogenated alkanes) is 2. The summed E-state index contributed by atoms with van der Waals surface area (Å²) < 4.78 is 0. The standard InChI is InChI=1S/C11H16O2/c12-8-3-1-2-5-10-6-4-7-11(13)9-10/h4,6-7,9,12-13H,1-3,5,8H2. The number of hydrogen-bond donors (Lipinski definition) is 2. The predicted molar refractivity (Wildman–Crippen MR) is 52.7 cm³/mol. The van der Waals surface area contributed by atoms with Gasteiger partial charge in [0.2, 0.25) is 0 Å². The van der Waals surface area contributed by atoms with Crippen molar-refractivity contribution < 1.29 is 10.2 Å². The van der Waals surface area contributed by atoms with Gasteiger partial charge in [0, 0.05) is 6.61 Å². The number of phenols is 1. The van der Waals surface area contributed by atoms with Crippen LogP contribution < -0.4 is 0 Å². The summed E-state index contributed by atoms with van der Waals surface area (Å²) in [4.78, 5) is 0. The third-order valence-electron chi connectivity index (χ3n) is 2.03. The molecule has 0 saturated heterocycles. The highest BCUT2D eigenvalue weighted by atomic mass is 16.3. The van der Waals surface area contributed by atoms with Crippen molar-refractivity contribution in [1.82, 2.24) is 0 Å². The van der Waals surface area contributed by atoms with E-state index in [1.54, 1.807) is 12.1 Å². The van der Waals surface area contributed by atoms with E-state index in [-0.39, 0.29) is 6.61 Å². The van der Waals surface area contributed by atoms with Gasteiger partial charge in [-0.15, -0.1) is 0 Å². The molecule has 0 spiro atoms. The van der Waals surface area contributed by atoms with Crippen molar-refractivity contribution in [3.05, 3.63) is 29.8 Å². The molecular formula is C11H16O2. The lowest BCUT2D eigenvalue weighted by Crippen LogP contribution is -1.87. The summed E-state index contributed by atoms with van der Waals surface area (Å²) >= 11 is 0. The molecule has 2 N–H and O–H groups in total. The molecule has 0 aliphatic rings. The fraction of sp³-hybridized carbons (Fsp3) is 0.455. The van der Waals surface area contributed by atoms with Crippen molar-refractivity contribution in [2.75, 3.05) is 6.61 Å². The SMILES string of the molecule is OCCCCCc1cccc(O)c1. The molecule has 0 aliphatic carbocycles. The maximum absolute atomic E-state index is 9.18. The maximum atomic E-state index is 9.18. The van der Waals surface area contributed by atoms with Crippen LogP contribution in [0.3, 0.4) is 0 Å². The first kappa shape index (κ1) is 10.1. The third kappa shape index (κ3) is 3.95. The fourth-order valence-corrected chi connectivity index (χ4v) is 1.33. The zero-order chi connectivity index (χ0) is 9.52. The van der Waals surface area contributed by atoms with E-state index >= 15 is 0 Å². The lowest BCUT2D eigenvalue weighted by molar-refractivity contribution is 0.283. The van der Waals surface area contributed by atoms with Crippen LogP contribution in [0.4, 0.5) is 0 Å². The predicted octanol–water partition coefficient (Wildman–Crippen LogP) is 2.10. The molecule has 0 radical (unpaired) electrons. The topological polar surface area (TPSA) is 40.5 Å². The Morgan fingerprint density at radius 2 is 1.92 bits per heavy atom. The molecule has 1 aromatic carbocycles. The smallest absolute Gasteiger partial charge is 0.115 e. The first-order valence-electron chi connectivity index (χ1n) is 4.71. The number of aliphatic hydroxyl groups excluding tert-OH is 1. The van der Waals surface area contributed by atoms with Gasteiger partial charge in [-0.3, -0.25) is 0 Å². The highest BCUT2D eigenvalue weighted by molar-refractivity contribution is 5.27. The molecule has 1 aromatic rings. The second-order valence-electron chi connectivity index (χ2n) is 3.20. The number of aliphatic hydroxyl groups is 1. The van der Waals surface area contributed by atoms with Gasteiger partial charge in [0.25, 0.3) is 0 Å². The zero-order valence-corrected chi connectivity index (χ0v) is 7.74. The van der Waals surface area contributed by atoms with Crippen LogP contribution in [0.1, 0.15) is 24.8 Å². The number of benzene rings is 1. The van der Waals surface area contributed by atoms with E-state index in [1.165, 1.54) is 0 Å². The van der Waals surface area contributed by atoms with E-state index in [4.69, 9.17) is 5.11 Å². The van der Waals surface area contributed by atoms with Gasteiger partial charge in [-0.1, -0.05) is 18.6 Å². The average Bonchev–Trinajstić information content (AvgIpc) is 2.13. The van der Waals surface area contributed by atoms with E-state index in [0.29, 0.717) is 5.75 Å². The van der Waals surface area contributed by atoms with E-state index < -0.39 is 0 Å². The monoisotopic (exact) mass is 180 g/mol. The third-order valence-corrected chi connectivity index (χ3v) is 2.03. The van der Waals surface area contributed by atoms with E-state index in [0.717, 1.165) is 31.2 Å². The van der Waals surface area contributed by atoms with Gasteiger partial charge < -0.3 is 10.2 Å². The summed E-state index contributed by atoms with van der Waals surface area (Å²) in [6, 6.07) is 7.34. The Kier molecular flexibility index (Phi) is 4.33. The van der Waals surface area contributed by atoms with E-state index in [1.807, 2.05) is 12.1 Å². The molecule has 72 valence electrons. The highest BCUT2D eigenvalue weighted by Gasteiger charge is 1.94. The van der Waals surface area contributed by atoms with Crippen LogP contribution in [0.25, 0.3) is 0 Å². The molecule has 1 rings (SSSR count). The minimum atomic E-state index is 0.278. The largest absolute Gasteiger partial charge is 0.508 e. The molecule has 0 atom stereocenters. The summed E-state index contributed by atoms with van der Waals surface area (Å²) in [6.07, 6.45) is 3.98. The molecular weight excluding hydrogens is 164 g/mol. The Morgan fingerprint density at radius 3 is 2.62 bits per heavy atom. The highest BCUT2D eigenvalue weighted by Crippen LogP contribution is 2.13. The molecule has 13 heavy (non-hydrogen) atoms. The molecule has 0 fully saturated rings. The first-order valence-corrected chi connectivity index (χ1v) is 4.71. The Morgan fingerprint density at radius 1 is 1.08 bits per heavy atom. The lowest BCUT2D eigenvalue weighted by atomic mass is 10.1. The van der Waals surface area contributed by atoms with Crippen LogP contribution >= 0.6 is 0 Å². The van der Waals surface area contributed by atoms with Crippen LogP contribution in [0, 0.1) is 0 Å². The van der Waals surface area contributed by atoms with Crippen LogP contribution in [-0.2, 0) is 6.42 Å². The molecule has 2 heteroatoms. The minimum Gasteiger partial charge on any atom is -0.508 e. The van der Waals surface area contributed by atoms with Gasteiger partial charge in [-0.2, -0.15) is 0 Å². The van der Waals surface area contributed by atoms with E-state index in [2.05, 4.69) is 0 Å². The van der Waals surface area contributed by atoms with E-state index in [9.17, 15) is 5.11 Å². The summed E-state index contributed by atoms with van der Waals surface area (Å²) in [5.74, 6) is 0.333. The van der Waals surface area contributed by atoms with Crippen LogP contribution in [-0.4, -0.2) is 16.8 Å². The molecule has 0 unspecified atom stereocenters. The van der Waals surface area contributed by atoms with Gasteiger partial charge >= 0.3 is 0 Å². The van der Waals surface area contributed by atoms with Crippen LogP contribution in [0.2, 0.25) is 0 Å². The van der Waals surface area contributed by atoms with Crippen molar-refractivity contribution in [3.8, 4) is 5.75 Å². The van der Waals surface area contributed by atoms with Crippen LogP contribution in [0.15, 0.2) is 24.3 Å². The quantitative estimate of drug-likeness (QED) is 0.681. The number of aryl methyl sites for hydroxylation is 1. The zero-order valence-electron chi connectivity index (χ0n) is 7.74. The number of aromatic hydroxyl groups is 1. The second-order valence-corrected chi connectivity index (χ2v) is 3.20. The maximum Gasteiger partial charge on any atom is 0.115 e. The van der Waals surface area contributed by atoms with Gasteiger partial charge in [0.05, 0.1) is 0 Å². The van der Waals surface area contributed by atoms with Crippen molar-refractivity contribution in [1.29, 1.82) is 0 Å². The Labute approximate surface area is 78.8 Å². The van der Waals surface area contributed by atoms with Gasteiger partial charge in [0.1, 0.15) is 5.75 Å². The Hall–Kier alpha value is -1.02. The van der Waals surface area contributed by atoms with Gasteiger partial charge in [-0.25, -0.2) is 0 Å². The van der Waals surface area contributed by atoms with Crippen molar-refractivity contribution in [2.45, 2.75) is 25.7 Å². The Balaban J connectivity index is 2.28. The van der Waals surface area contributed by atoms with Crippen molar-refractivity contribution in [3.63, 3.8) is 0 Å². The fourth-order valence-electron chi connectivity index (χ4n) is 1.33. The summed E-state index contributed by atoms with van der Waals surface area (Å²) in [5, 5.41) is 17.7. The Bertz CT molecular complexity index is 246. The van der Waals surface area contributed by atoms with Crippen molar-refractivity contribution in [2.24, 2.45) is 0 Å². The number of phenolic OH excluding ortho intramolecular Hbond substituents is 1. The minimum absolute atomic E-state index is 0.278. The van der Waals surface area contributed by atoms with Crippen LogP contribution in [0.5, 0.6) is 5.75 Å². The molecule has 0 bridgehead atoms. The molecule has 0 saturated carbocycles. The number of hydrogen-bond acceptors (Lipinski definition) is 2. The summed E-state index contributed by atoms with van der Waals surface area (Å²) in [5.41, 5.74) is 1.16. The number of rotatable bonds is 5. The molecule has 0 aromatic heterocycles. The lowest BCUT2D eigenvalue weighted by Gasteiger charge is -2.01. The normalized spacial score (nSPS) is 10.2. The summed E-state index contributed by atoms with van der Waals surface area (Å²) in [6.45, 7) is 0.278. The summed E-state index contributed by atoms with van der Waals surface area (Å²) in [7, 11) is 0. The van der Waals surface area contributed by atoms with Gasteiger partial charge in [0.15, 0.2) is 0 Å².